The van der Waals surface area contributed by atoms with Crippen LogP contribution < -0.4 is 5.32 Å². The maximum Gasteiger partial charge on any atom is 0.141 e. The normalized spacial score (nSPS) is 21.9. The van der Waals surface area contributed by atoms with Gasteiger partial charge in [0.15, 0.2) is 0 Å². The standard InChI is InChI=1S/C11H14ClFN2/c1-15-5-4-9(7-15)14-8-2-3-11(13)10(12)6-8/h2-3,6,9,14H,4-5,7H2,1H3. The van der Waals surface area contributed by atoms with E-state index in [1.54, 1.807) is 12.1 Å². The van der Waals surface area contributed by atoms with E-state index in [2.05, 4.69) is 17.3 Å². The first-order chi connectivity index (χ1) is 7.15. The van der Waals surface area contributed by atoms with Crippen molar-refractivity contribution in [3.63, 3.8) is 0 Å². The van der Waals surface area contributed by atoms with E-state index in [9.17, 15) is 4.39 Å². The highest BCUT2D eigenvalue weighted by atomic mass is 35.5. The van der Waals surface area contributed by atoms with E-state index in [1.807, 2.05) is 0 Å². The molecule has 1 aliphatic heterocycles. The molecule has 1 saturated heterocycles. The molecule has 4 heteroatoms. The van der Waals surface area contributed by atoms with Crippen LogP contribution in [0.4, 0.5) is 10.1 Å². The molecule has 1 fully saturated rings. The smallest absolute Gasteiger partial charge is 0.141 e. The molecule has 0 radical (unpaired) electrons. The van der Waals surface area contributed by atoms with Crippen LogP contribution in [0.15, 0.2) is 18.2 Å². The fraction of sp³-hybridized carbons (Fsp3) is 0.455. The molecule has 0 saturated carbocycles. The zero-order chi connectivity index (χ0) is 10.8. The van der Waals surface area contributed by atoms with Crippen LogP contribution in [0.2, 0.25) is 5.02 Å². The third kappa shape index (κ3) is 2.61. The summed E-state index contributed by atoms with van der Waals surface area (Å²) >= 11 is 5.70. The Bertz CT molecular complexity index is 356. The second kappa shape index (κ2) is 4.37. The molecule has 0 aromatic heterocycles. The van der Waals surface area contributed by atoms with Crippen LogP contribution in [0.5, 0.6) is 0 Å². The second-order valence-corrected chi connectivity index (χ2v) is 4.43. The predicted molar refractivity (Wildman–Crippen MR) is 60.9 cm³/mol. The van der Waals surface area contributed by atoms with Crippen molar-refractivity contribution in [1.29, 1.82) is 0 Å². The lowest BCUT2D eigenvalue weighted by atomic mass is 10.2. The number of rotatable bonds is 2. The maximum absolute atomic E-state index is 12.9. The third-order valence-corrected chi connectivity index (χ3v) is 2.97. The summed E-state index contributed by atoms with van der Waals surface area (Å²) in [5.74, 6) is -0.370. The number of likely N-dealkylation sites (tertiary alicyclic amines) is 1. The van der Waals surface area contributed by atoms with Gasteiger partial charge in [0.1, 0.15) is 5.82 Å². The average Bonchev–Trinajstić information content (AvgIpc) is 2.58. The first kappa shape index (κ1) is 10.7. The van der Waals surface area contributed by atoms with Crippen LogP contribution in [0.1, 0.15) is 6.42 Å². The summed E-state index contributed by atoms with van der Waals surface area (Å²) in [4.78, 5) is 2.27. The van der Waals surface area contributed by atoms with Gasteiger partial charge in [-0.1, -0.05) is 11.6 Å². The van der Waals surface area contributed by atoms with Crippen molar-refractivity contribution < 1.29 is 4.39 Å². The van der Waals surface area contributed by atoms with Gasteiger partial charge in [-0.15, -0.1) is 0 Å². The van der Waals surface area contributed by atoms with E-state index in [-0.39, 0.29) is 10.8 Å². The fourth-order valence-corrected chi connectivity index (χ4v) is 2.05. The van der Waals surface area contributed by atoms with E-state index < -0.39 is 0 Å². The molecule has 1 aromatic rings. The molecule has 82 valence electrons. The molecule has 1 N–H and O–H groups in total. The van der Waals surface area contributed by atoms with E-state index in [4.69, 9.17) is 11.6 Å². The lowest BCUT2D eigenvalue weighted by Gasteiger charge is -2.14. The van der Waals surface area contributed by atoms with Crippen LogP contribution in [0.25, 0.3) is 0 Å². The molecule has 0 aliphatic carbocycles. The minimum Gasteiger partial charge on any atom is -0.381 e. The highest BCUT2D eigenvalue weighted by Gasteiger charge is 2.18. The molecule has 1 aromatic carbocycles. The number of nitrogens with one attached hydrogen (secondary N) is 1. The molecule has 0 amide bonds. The number of nitrogens with zero attached hydrogens (tertiary/aromatic N) is 1. The largest absolute Gasteiger partial charge is 0.381 e. The third-order valence-electron chi connectivity index (χ3n) is 2.68. The molecule has 15 heavy (non-hydrogen) atoms. The number of hydrogen-bond acceptors (Lipinski definition) is 2. The Morgan fingerprint density at radius 1 is 1.53 bits per heavy atom. The molecule has 2 rings (SSSR count). The van der Waals surface area contributed by atoms with Crippen LogP contribution >= 0.6 is 11.6 Å². The fourth-order valence-electron chi connectivity index (χ4n) is 1.87. The molecule has 0 bridgehead atoms. The zero-order valence-electron chi connectivity index (χ0n) is 8.63. The van der Waals surface area contributed by atoms with Gasteiger partial charge in [0.25, 0.3) is 0 Å². The van der Waals surface area contributed by atoms with E-state index >= 15 is 0 Å². The summed E-state index contributed by atoms with van der Waals surface area (Å²) in [6.45, 7) is 2.13. The highest BCUT2D eigenvalue weighted by molar-refractivity contribution is 6.31. The number of hydrogen-bond donors (Lipinski definition) is 1. The van der Waals surface area contributed by atoms with Crippen LogP contribution in [0, 0.1) is 5.82 Å². The van der Waals surface area contributed by atoms with Crippen molar-refractivity contribution in [3.8, 4) is 0 Å². The Kier molecular flexibility index (Phi) is 3.12. The lowest BCUT2D eigenvalue weighted by molar-refractivity contribution is 0.414. The van der Waals surface area contributed by atoms with Gasteiger partial charge in [0.2, 0.25) is 0 Å². The van der Waals surface area contributed by atoms with Crippen molar-refractivity contribution in [2.24, 2.45) is 0 Å². The van der Waals surface area contributed by atoms with E-state index in [0.717, 1.165) is 25.2 Å². The Morgan fingerprint density at radius 2 is 2.33 bits per heavy atom. The monoisotopic (exact) mass is 228 g/mol. The summed E-state index contributed by atoms with van der Waals surface area (Å²) in [5, 5.41) is 3.52. The van der Waals surface area contributed by atoms with Crippen LogP contribution in [0.3, 0.4) is 0 Å². The number of anilines is 1. The van der Waals surface area contributed by atoms with Gasteiger partial charge >= 0.3 is 0 Å². The quantitative estimate of drug-likeness (QED) is 0.837. The minimum absolute atomic E-state index is 0.173. The number of halogens is 2. The Labute approximate surface area is 94.0 Å². The molecule has 1 unspecified atom stereocenters. The molecular weight excluding hydrogens is 215 g/mol. The molecule has 1 atom stereocenters. The molecule has 2 nitrogen and oxygen atoms in total. The van der Waals surface area contributed by atoms with Gasteiger partial charge in [-0.05, 0) is 38.2 Å². The Morgan fingerprint density at radius 3 is 2.93 bits per heavy atom. The summed E-state index contributed by atoms with van der Waals surface area (Å²) in [6.07, 6.45) is 1.12. The SMILES string of the molecule is CN1CCC(Nc2ccc(F)c(Cl)c2)C1. The summed E-state index contributed by atoms with van der Waals surface area (Å²) in [6, 6.07) is 5.19. The Hall–Kier alpha value is -0.800. The topological polar surface area (TPSA) is 15.3 Å². The van der Waals surface area contributed by atoms with Crippen molar-refractivity contribution >= 4 is 17.3 Å². The van der Waals surface area contributed by atoms with Crippen molar-refractivity contribution in [2.45, 2.75) is 12.5 Å². The highest BCUT2D eigenvalue weighted by Crippen LogP contribution is 2.21. The molecule has 1 heterocycles. The number of likely N-dealkylation sites (N-methyl/N-ethyl adjacent to an activating group) is 1. The summed E-state index contributed by atoms with van der Waals surface area (Å²) in [7, 11) is 2.10. The van der Waals surface area contributed by atoms with Gasteiger partial charge in [-0.2, -0.15) is 0 Å². The van der Waals surface area contributed by atoms with E-state index in [0.29, 0.717) is 6.04 Å². The zero-order valence-corrected chi connectivity index (χ0v) is 9.39. The van der Waals surface area contributed by atoms with Gasteiger partial charge < -0.3 is 10.2 Å². The van der Waals surface area contributed by atoms with Crippen molar-refractivity contribution in [2.75, 3.05) is 25.5 Å². The van der Waals surface area contributed by atoms with Gasteiger partial charge in [-0.25, -0.2) is 4.39 Å². The number of benzene rings is 1. The van der Waals surface area contributed by atoms with Gasteiger partial charge in [0, 0.05) is 18.3 Å². The average molecular weight is 229 g/mol. The molecular formula is C11H14ClFN2. The van der Waals surface area contributed by atoms with E-state index in [1.165, 1.54) is 6.07 Å². The second-order valence-electron chi connectivity index (χ2n) is 4.02. The Balaban J connectivity index is 2.02. The molecule has 1 aliphatic rings. The van der Waals surface area contributed by atoms with Crippen molar-refractivity contribution in [1.82, 2.24) is 4.90 Å². The van der Waals surface area contributed by atoms with Crippen LogP contribution in [-0.2, 0) is 0 Å². The lowest BCUT2D eigenvalue weighted by Crippen LogP contribution is -2.23. The first-order valence-electron chi connectivity index (χ1n) is 5.05. The van der Waals surface area contributed by atoms with Gasteiger partial charge in [-0.3, -0.25) is 0 Å². The summed E-state index contributed by atoms with van der Waals surface area (Å²) in [5.41, 5.74) is 0.890. The maximum atomic E-state index is 12.9. The first-order valence-corrected chi connectivity index (χ1v) is 5.43. The van der Waals surface area contributed by atoms with Crippen LogP contribution in [-0.4, -0.2) is 31.1 Å². The predicted octanol–water partition coefficient (Wildman–Crippen LogP) is 2.60. The minimum atomic E-state index is -0.370. The van der Waals surface area contributed by atoms with Gasteiger partial charge in [0.05, 0.1) is 5.02 Å². The van der Waals surface area contributed by atoms with Crippen molar-refractivity contribution in [3.05, 3.63) is 29.0 Å². The molecule has 0 spiro atoms. The summed E-state index contributed by atoms with van der Waals surface area (Å²) < 4.78 is 12.9.